The molecule has 0 fully saturated rings. The fraction of sp³-hybridized carbons (Fsp3) is 0.241. The molecule has 0 aliphatic carbocycles. The standard InChI is InChI=1S/C54H54FN9O5/c1-34(2)27-63-46-32-62(49(57-41-12-8-7-9-13-41)47(46)52(66)60(6)53(63)67)30-37-17-21-43(22-18-37)69-33-38-23-24-56-45(25-38)39-19-15-36(16-20-39)29-61-31-44-48(50(61)58-42-14-10-11-40(55)26-42)64(28-35(3)4)54(68)59(5)51(44)65/h7-26,31-32,34-35,57-58H,27-30,33H2,1-6H3. The van der Waals surface area contributed by atoms with Crippen LogP contribution in [0.4, 0.5) is 27.4 Å². The number of hydrogen-bond donors (Lipinski definition) is 2. The number of benzene rings is 4. The first-order valence-corrected chi connectivity index (χ1v) is 23.0. The summed E-state index contributed by atoms with van der Waals surface area (Å²) in [5.41, 5.74) is 5.35. The van der Waals surface area contributed by atoms with Crippen LogP contribution in [-0.2, 0) is 46.9 Å². The average Bonchev–Trinajstić information content (AvgIpc) is 3.87. The van der Waals surface area contributed by atoms with E-state index in [0.29, 0.717) is 77.7 Å². The number of pyridine rings is 1. The van der Waals surface area contributed by atoms with Crippen LogP contribution in [-0.4, -0.2) is 32.4 Å². The molecule has 0 amide bonds. The molecule has 0 aliphatic rings. The van der Waals surface area contributed by atoms with E-state index in [4.69, 9.17) is 4.74 Å². The molecule has 0 aliphatic heterocycles. The summed E-state index contributed by atoms with van der Waals surface area (Å²) in [7, 11) is 3.01. The number of ether oxygens (including phenoxy) is 1. The van der Waals surface area contributed by atoms with Crippen molar-refractivity contribution in [3.63, 3.8) is 0 Å². The SMILES string of the molecule is CC(C)Cn1c(=O)n(C)c(=O)c2c(Nc3ccccc3)n(Cc3ccc(OCc4ccnc(-c5ccc(Cn6cc7c(=O)n(C)c(=O)n(CC(C)C)c7c6Nc6cccc(F)c6)cc5)c4)cc3)cc21. The van der Waals surface area contributed by atoms with E-state index in [1.807, 2.05) is 134 Å². The van der Waals surface area contributed by atoms with Crippen LogP contribution in [0.5, 0.6) is 5.75 Å². The van der Waals surface area contributed by atoms with Crippen molar-refractivity contribution in [2.24, 2.45) is 25.9 Å². The zero-order valence-corrected chi connectivity index (χ0v) is 39.4. The molecule has 0 saturated heterocycles. The van der Waals surface area contributed by atoms with Gasteiger partial charge < -0.3 is 24.5 Å². The number of anilines is 4. The van der Waals surface area contributed by atoms with Gasteiger partial charge in [0.15, 0.2) is 0 Å². The van der Waals surface area contributed by atoms with Gasteiger partial charge in [-0.1, -0.05) is 88.4 Å². The third-order valence-electron chi connectivity index (χ3n) is 12.1. The topological polar surface area (TPSA) is 144 Å². The zero-order valence-electron chi connectivity index (χ0n) is 39.4. The minimum Gasteiger partial charge on any atom is -0.489 e. The Hall–Kier alpha value is -8.20. The molecule has 0 spiro atoms. The smallest absolute Gasteiger partial charge is 0.331 e. The summed E-state index contributed by atoms with van der Waals surface area (Å²) in [4.78, 5) is 58.6. The van der Waals surface area contributed by atoms with Crippen molar-refractivity contribution < 1.29 is 9.13 Å². The van der Waals surface area contributed by atoms with Crippen molar-refractivity contribution in [2.45, 2.75) is 60.5 Å². The molecule has 0 bridgehead atoms. The Labute approximate surface area is 397 Å². The number of hydrogen-bond acceptors (Lipinski definition) is 8. The monoisotopic (exact) mass is 927 g/mol. The summed E-state index contributed by atoms with van der Waals surface area (Å²) in [5.74, 6) is 1.70. The lowest BCUT2D eigenvalue weighted by atomic mass is 10.1. The minimum atomic E-state index is -0.416. The molecule has 9 aromatic rings. The molecule has 0 saturated carbocycles. The van der Waals surface area contributed by atoms with Crippen molar-refractivity contribution >= 4 is 44.8 Å². The maximum absolute atomic E-state index is 14.3. The first kappa shape index (κ1) is 45.9. The molecule has 69 heavy (non-hydrogen) atoms. The third-order valence-corrected chi connectivity index (χ3v) is 12.1. The third kappa shape index (κ3) is 9.53. The van der Waals surface area contributed by atoms with E-state index in [1.54, 1.807) is 33.7 Å². The Morgan fingerprint density at radius 1 is 0.623 bits per heavy atom. The molecule has 5 heterocycles. The van der Waals surface area contributed by atoms with Gasteiger partial charge in [-0.2, -0.15) is 0 Å². The molecule has 14 nitrogen and oxygen atoms in total. The Balaban J connectivity index is 0.923. The van der Waals surface area contributed by atoms with Crippen LogP contribution in [0.1, 0.15) is 44.4 Å². The molecular weight excluding hydrogens is 874 g/mol. The lowest BCUT2D eigenvalue weighted by Gasteiger charge is -2.16. The first-order chi connectivity index (χ1) is 33.2. The molecule has 0 atom stereocenters. The molecule has 352 valence electrons. The van der Waals surface area contributed by atoms with Gasteiger partial charge in [0.2, 0.25) is 0 Å². The lowest BCUT2D eigenvalue weighted by molar-refractivity contribution is 0.306. The summed E-state index contributed by atoms with van der Waals surface area (Å²) in [6.45, 7) is 10.1. The van der Waals surface area contributed by atoms with Crippen molar-refractivity contribution in [1.82, 2.24) is 32.4 Å². The van der Waals surface area contributed by atoms with Gasteiger partial charge in [0, 0.05) is 75.8 Å². The van der Waals surface area contributed by atoms with Gasteiger partial charge in [-0.25, -0.2) is 14.0 Å². The molecule has 4 aromatic carbocycles. The number of aromatic nitrogens is 7. The Morgan fingerprint density at radius 3 is 1.91 bits per heavy atom. The molecule has 15 heteroatoms. The van der Waals surface area contributed by atoms with Crippen LogP contribution in [0.2, 0.25) is 0 Å². The van der Waals surface area contributed by atoms with Gasteiger partial charge in [0.05, 0.1) is 16.6 Å². The van der Waals surface area contributed by atoms with E-state index in [9.17, 15) is 23.6 Å². The summed E-state index contributed by atoms with van der Waals surface area (Å²) < 4.78 is 30.1. The van der Waals surface area contributed by atoms with Crippen LogP contribution in [0.15, 0.2) is 153 Å². The van der Waals surface area contributed by atoms with Crippen LogP contribution in [0, 0.1) is 17.7 Å². The van der Waals surface area contributed by atoms with E-state index in [2.05, 4.69) is 15.6 Å². The summed E-state index contributed by atoms with van der Waals surface area (Å²) in [6.07, 6.45) is 5.40. The average molecular weight is 928 g/mol. The quantitative estimate of drug-likeness (QED) is 0.0978. The predicted octanol–water partition coefficient (Wildman–Crippen LogP) is 8.99. The number of halogens is 1. The highest BCUT2D eigenvalue weighted by Crippen LogP contribution is 2.31. The predicted molar refractivity (Wildman–Crippen MR) is 271 cm³/mol. The highest BCUT2D eigenvalue weighted by atomic mass is 19.1. The Morgan fingerprint density at radius 2 is 1.23 bits per heavy atom. The normalized spacial score (nSPS) is 11.6. The number of nitrogens with zero attached hydrogens (tertiary/aromatic N) is 7. The molecule has 0 radical (unpaired) electrons. The molecular formula is C54H54FN9O5. The summed E-state index contributed by atoms with van der Waals surface area (Å²) >= 11 is 0. The van der Waals surface area contributed by atoms with Gasteiger partial charge in [0.1, 0.15) is 40.7 Å². The van der Waals surface area contributed by atoms with Gasteiger partial charge in [-0.15, -0.1) is 0 Å². The largest absolute Gasteiger partial charge is 0.489 e. The number of rotatable bonds is 16. The first-order valence-electron chi connectivity index (χ1n) is 23.0. The maximum Gasteiger partial charge on any atom is 0.331 e. The van der Waals surface area contributed by atoms with Gasteiger partial charge >= 0.3 is 11.4 Å². The fourth-order valence-electron chi connectivity index (χ4n) is 8.72. The van der Waals surface area contributed by atoms with Crippen LogP contribution in [0.3, 0.4) is 0 Å². The van der Waals surface area contributed by atoms with Crippen molar-refractivity contribution in [2.75, 3.05) is 10.6 Å². The van der Waals surface area contributed by atoms with E-state index >= 15 is 0 Å². The van der Waals surface area contributed by atoms with Gasteiger partial charge in [-0.3, -0.25) is 32.8 Å². The molecule has 9 rings (SSSR count). The second kappa shape index (κ2) is 19.2. The van der Waals surface area contributed by atoms with Crippen LogP contribution < -0.4 is 37.9 Å². The number of para-hydroxylation sites is 1. The highest BCUT2D eigenvalue weighted by Gasteiger charge is 2.23. The van der Waals surface area contributed by atoms with Crippen molar-refractivity contribution in [3.05, 3.63) is 198 Å². The zero-order chi connectivity index (χ0) is 48.5. The minimum absolute atomic E-state index is 0.118. The number of fused-ring (bicyclic) bond motifs is 2. The van der Waals surface area contributed by atoms with E-state index in [1.165, 1.54) is 30.8 Å². The Bertz CT molecular complexity index is 3580. The van der Waals surface area contributed by atoms with E-state index in [0.717, 1.165) is 38.2 Å². The van der Waals surface area contributed by atoms with Gasteiger partial charge in [0.25, 0.3) is 11.1 Å². The highest BCUT2D eigenvalue weighted by molar-refractivity contribution is 5.93. The molecule has 0 unspecified atom stereocenters. The molecule has 2 N–H and O–H groups in total. The molecule has 5 aromatic heterocycles. The van der Waals surface area contributed by atoms with Crippen LogP contribution >= 0.6 is 0 Å². The van der Waals surface area contributed by atoms with E-state index < -0.39 is 17.1 Å². The maximum atomic E-state index is 14.3. The number of nitrogens with one attached hydrogen (secondary N) is 2. The van der Waals surface area contributed by atoms with Crippen LogP contribution in [0.25, 0.3) is 33.1 Å². The van der Waals surface area contributed by atoms with Crippen molar-refractivity contribution in [3.8, 4) is 17.0 Å². The second-order valence-corrected chi connectivity index (χ2v) is 18.3. The van der Waals surface area contributed by atoms with E-state index in [-0.39, 0.29) is 23.1 Å². The van der Waals surface area contributed by atoms with Gasteiger partial charge in [-0.05, 0) is 83.1 Å². The second-order valence-electron chi connectivity index (χ2n) is 18.3. The Kier molecular flexibility index (Phi) is 12.8. The summed E-state index contributed by atoms with van der Waals surface area (Å²) in [6, 6.07) is 35.5. The van der Waals surface area contributed by atoms with Crippen molar-refractivity contribution in [1.29, 1.82) is 0 Å². The summed E-state index contributed by atoms with van der Waals surface area (Å²) in [5, 5.41) is 7.62. The lowest BCUT2D eigenvalue weighted by Crippen LogP contribution is -2.38. The fourth-order valence-corrected chi connectivity index (χ4v) is 8.72.